The Morgan fingerprint density at radius 1 is 1.15 bits per heavy atom. The summed E-state index contributed by atoms with van der Waals surface area (Å²) in [5.74, 6) is 0. The Balaban J connectivity index is 2.04. The monoisotopic (exact) mass is 292 g/mol. The maximum Gasteiger partial charge on any atom is 0.242 e. The zero-order valence-corrected chi connectivity index (χ0v) is 11.7. The third-order valence-corrected chi connectivity index (χ3v) is 4.32. The fraction of sp³-hybridized carbons (Fsp3) is 0.231. The van der Waals surface area contributed by atoms with Crippen LogP contribution in [0.25, 0.3) is 0 Å². The van der Waals surface area contributed by atoms with E-state index in [-0.39, 0.29) is 11.4 Å². The SMILES string of the molecule is NCc1ncccc1S(=O)(=O)NCCc1ccncc1. The Labute approximate surface area is 118 Å². The minimum Gasteiger partial charge on any atom is -0.325 e. The first kappa shape index (κ1) is 14.6. The number of hydrogen-bond acceptors (Lipinski definition) is 5. The van der Waals surface area contributed by atoms with E-state index in [9.17, 15) is 8.42 Å². The largest absolute Gasteiger partial charge is 0.325 e. The molecule has 2 aromatic rings. The molecule has 0 atom stereocenters. The van der Waals surface area contributed by atoms with E-state index >= 15 is 0 Å². The van der Waals surface area contributed by atoms with Gasteiger partial charge in [0.2, 0.25) is 10.0 Å². The van der Waals surface area contributed by atoms with Gasteiger partial charge < -0.3 is 5.73 Å². The van der Waals surface area contributed by atoms with Crippen LogP contribution in [0.4, 0.5) is 0 Å². The standard InChI is InChI=1S/C13H16N4O2S/c14-10-12-13(2-1-6-16-12)20(18,19)17-9-5-11-3-7-15-8-4-11/h1-4,6-8,17H,5,9-10,14H2. The summed E-state index contributed by atoms with van der Waals surface area (Å²) in [5.41, 5.74) is 6.89. The number of rotatable bonds is 6. The molecule has 2 rings (SSSR count). The summed E-state index contributed by atoms with van der Waals surface area (Å²) in [4.78, 5) is 8.03. The summed E-state index contributed by atoms with van der Waals surface area (Å²) >= 11 is 0. The highest BCUT2D eigenvalue weighted by atomic mass is 32.2. The molecule has 0 unspecified atom stereocenters. The lowest BCUT2D eigenvalue weighted by Gasteiger charge is -2.09. The third kappa shape index (κ3) is 3.60. The van der Waals surface area contributed by atoms with E-state index in [4.69, 9.17) is 5.73 Å². The van der Waals surface area contributed by atoms with Crippen molar-refractivity contribution in [2.24, 2.45) is 5.73 Å². The predicted molar refractivity (Wildman–Crippen MR) is 75.3 cm³/mol. The molecule has 0 radical (unpaired) electrons. The maximum absolute atomic E-state index is 12.2. The van der Waals surface area contributed by atoms with Crippen LogP contribution in [0.1, 0.15) is 11.3 Å². The lowest BCUT2D eigenvalue weighted by Crippen LogP contribution is -2.27. The van der Waals surface area contributed by atoms with Crippen LogP contribution in [0.15, 0.2) is 47.8 Å². The number of nitrogens with two attached hydrogens (primary N) is 1. The normalized spacial score (nSPS) is 11.4. The van der Waals surface area contributed by atoms with Gasteiger partial charge in [-0.2, -0.15) is 0 Å². The Morgan fingerprint density at radius 2 is 1.90 bits per heavy atom. The van der Waals surface area contributed by atoms with Crippen molar-refractivity contribution >= 4 is 10.0 Å². The first-order chi connectivity index (χ1) is 9.63. The fourth-order valence-corrected chi connectivity index (χ4v) is 3.01. The molecule has 2 heterocycles. The summed E-state index contributed by atoms with van der Waals surface area (Å²) in [7, 11) is -3.58. The number of nitrogens with one attached hydrogen (secondary N) is 1. The first-order valence-electron chi connectivity index (χ1n) is 6.16. The number of sulfonamides is 1. The molecule has 0 aromatic carbocycles. The Hall–Kier alpha value is -1.83. The molecule has 0 aliphatic rings. The average Bonchev–Trinajstić information content (AvgIpc) is 2.48. The Morgan fingerprint density at radius 3 is 2.60 bits per heavy atom. The van der Waals surface area contributed by atoms with Crippen LogP contribution in [-0.2, 0) is 23.0 Å². The van der Waals surface area contributed by atoms with Crippen molar-refractivity contribution in [3.8, 4) is 0 Å². The molecule has 7 heteroatoms. The van der Waals surface area contributed by atoms with E-state index in [0.29, 0.717) is 18.7 Å². The van der Waals surface area contributed by atoms with Gasteiger partial charge >= 0.3 is 0 Å². The molecule has 0 bridgehead atoms. The van der Waals surface area contributed by atoms with Gasteiger partial charge in [0.15, 0.2) is 0 Å². The van der Waals surface area contributed by atoms with Crippen LogP contribution in [0.3, 0.4) is 0 Å². The second-order valence-electron chi connectivity index (χ2n) is 4.16. The predicted octanol–water partition coefficient (Wildman–Crippen LogP) is 0.456. The maximum atomic E-state index is 12.2. The van der Waals surface area contributed by atoms with Crippen molar-refractivity contribution in [2.75, 3.05) is 6.54 Å². The van der Waals surface area contributed by atoms with Gasteiger partial charge in [0.25, 0.3) is 0 Å². The minimum absolute atomic E-state index is 0.0848. The number of nitrogens with zero attached hydrogens (tertiary/aromatic N) is 2. The summed E-state index contributed by atoms with van der Waals surface area (Å²) in [6.45, 7) is 0.396. The Bertz CT molecular complexity index is 659. The highest BCUT2D eigenvalue weighted by Gasteiger charge is 2.17. The molecule has 6 nitrogen and oxygen atoms in total. The van der Waals surface area contributed by atoms with Crippen LogP contribution < -0.4 is 10.5 Å². The second kappa shape index (κ2) is 6.56. The average molecular weight is 292 g/mol. The number of hydrogen-bond donors (Lipinski definition) is 2. The molecule has 0 saturated heterocycles. The van der Waals surface area contributed by atoms with Crippen LogP contribution in [0, 0.1) is 0 Å². The van der Waals surface area contributed by atoms with Gasteiger partial charge in [-0.25, -0.2) is 13.1 Å². The lowest BCUT2D eigenvalue weighted by atomic mass is 10.2. The fourth-order valence-electron chi connectivity index (χ4n) is 1.78. The molecule has 0 aliphatic heterocycles. The van der Waals surface area contributed by atoms with Gasteiger partial charge in [0.1, 0.15) is 4.90 Å². The third-order valence-electron chi connectivity index (χ3n) is 2.79. The van der Waals surface area contributed by atoms with E-state index in [1.165, 1.54) is 12.3 Å². The summed E-state index contributed by atoms with van der Waals surface area (Å²) in [6, 6.07) is 6.79. The van der Waals surface area contributed by atoms with Gasteiger partial charge in [-0.1, -0.05) is 0 Å². The van der Waals surface area contributed by atoms with Crippen molar-refractivity contribution < 1.29 is 8.42 Å². The zero-order chi connectivity index (χ0) is 14.4. The number of pyridine rings is 2. The quantitative estimate of drug-likeness (QED) is 0.806. The summed E-state index contributed by atoms with van der Waals surface area (Å²) < 4.78 is 26.9. The van der Waals surface area contributed by atoms with E-state index < -0.39 is 10.0 Å². The molecule has 20 heavy (non-hydrogen) atoms. The van der Waals surface area contributed by atoms with Gasteiger partial charge in [-0.3, -0.25) is 9.97 Å². The molecule has 3 N–H and O–H groups in total. The lowest BCUT2D eigenvalue weighted by molar-refractivity contribution is 0.579. The summed E-state index contributed by atoms with van der Waals surface area (Å²) in [5, 5.41) is 0. The first-order valence-corrected chi connectivity index (χ1v) is 7.64. The highest BCUT2D eigenvalue weighted by Crippen LogP contribution is 2.12. The second-order valence-corrected chi connectivity index (χ2v) is 5.89. The molecule has 0 amide bonds. The molecule has 106 valence electrons. The molecule has 0 aliphatic carbocycles. The van der Waals surface area contributed by atoms with Crippen LogP contribution in [0.5, 0.6) is 0 Å². The van der Waals surface area contributed by atoms with Gasteiger partial charge in [-0.15, -0.1) is 0 Å². The number of aromatic nitrogens is 2. The molecule has 0 fully saturated rings. The van der Waals surface area contributed by atoms with Crippen molar-refractivity contribution in [3.05, 3.63) is 54.1 Å². The molecular formula is C13H16N4O2S. The molecule has 0 spiro atoms. The van der Waals surface area contributed by atoms with E-state index in [1.807, 2.05) is 12.1 Å². The Kier molecular flexibility index (Phi) is 4.78. The highest BCUT2D eigenvalue weighted by molar-refractivity contribution is 7.89. The van der Waals surface area contributed by atoms with E-state index in [0.717, 1.165) is 5.56 Å². The minimum atomic E-state index is -3.58. The van der Waals surface area contributed by atoms with Crippen LogP contribution in [-0.4, -0.2) is 24.9 Å². The topological polar surface area (TPSA) is 98.0 Å². The smallest absolute Gasteiger partial charge is 0.242 e. The molecule has 2 aromatic heterocycles. The van der Waals surface area contributed by atoms with Gasteiger partial charge in [0.05, 0.1) is 5.69 Å². The molecule has 0 saturated carbocycles. The van der Waals surface area contributed by atoms with E-state index in [2.05, 4.69) is 14.7 Å². The van der Waals surface area contributed by atoms with Crippen LogP contribution >= 0.6 is 0 Å². The molecular weight excluding hydrogens is 276 g/mol. The van der Waals surface area contributed by atoms with Crippen LogP contribution in [0.2, 0.25) is 0 Å². The van der Waals surface area contributed by atoms with Gasteiger partial charge in [-0.05, 0) is 36.2 Å². The van der Waals surface area contributed by atoms with Crippen molar-refractivity contribution in [1.82, 2.24) is 14.7 Å². The van der Waals surface area contributed by atoms with Gasteiger partial charge in [0, 0.05) is 31.7 Å². The van der Waals surface area contributed by atoms with E-state index in [1.54, 1.807) is 18.5 Å². The van der Waals surface area contributed by atoms with Crippen molar-refractivity contribution in [2.45, 2.75) is 17.9 Å². The van der Waals surface area contributed by atoms with Crippen molar-refractivity contribution in [3.63, 3.8) is 0 Å². The van der Waals surface area contributed by atoms with Crippen molar-refractivity contribution in [1.29, 1.82) is 0 Å². The zero-order valence-electron chi connectivity index (χ0n) is 10.9. The summed E-state index contributed by atoms with van der Waals surface area (Å²) in [6.07, 6.45) is 5.48.